The number of hydrogen-bond acceptors (Lipinski definition) is 3. The van der Waals surface area contributed by atoms with E-state index in [-0.39, 0.29) is 0 Å². The molecule has 0 radical (unpaired) electrons. The third kappa shape index (κ3) is 9.85. The molecule has 0 fully saturated rings. The minimum Gasteiger partial charge on any atom is -0.496 e. The van der Waals surface area contributed by atoms with Crippen LogP contribution in [0, 0.1) is 5.41 Å². The first kappa shape index (κ1) is 34.8. The molecule has 3 heteroatoms. The number of rotatable bonds is 11. The topological polar surface area (TPSA) is 36.3 Å². The van der Waals surface area contributed by atoms with Crippen molar-refractivity contribution in [3.8, 4) is 0 Å². The smallest absolute Gasteiger partial charge is 0.122 e. The highest BCUT2D eigenvalue weighted by Crippen LogP contribution is 2.30. The molecule has 3 nitrogen and oxygen atoms in total. The average Bonchev–Trinajstić information content (AvgIpc) is 3.08. The van der Waals surface area contributed by atoms with E-state index >= 15 is 0 Å². The lowest BCUT2D eigenvalue weighted by Gasteiger charge is -2.29. The standard InChI is InChI=1S/C36H38N2O.2C2H6/c1-4-14-36(39-3)34(5-2)31-21-23-33(27-38-24-13-12-19-35(38)29-17-10-7-11-18-29)30(25-31)20-22-32(26-37)28-15-8-6-9-16-28;2*1-2/h4,6-19,21-23,25-26,37H,5,20,24,27H2,1-3H3;2*1-2H3/b14-4-,32-22+,36-34-,37-26?;;. The molecule has 1 N–H and O–H groups in total. The summed E-state index contributed by atoms with van der Waals surface area (Å²) in [7, 11) is 1.74. The highest BCUT2D eigenvalue weighted by Gasteiger charge is 2.16. The van der Waals surface area contributed by atoms with Crippen LogP contribution in [0.3, 0.4) is 0 Å². The number of hydrogen-bond donors (Lipinski definition) is 1. The molecule has 3 aromatic carbocycles. The minimum atomic E-state index is 0.736. The van der Waals surface area contributed by atoms with Crippen LogP contribution in [0.25, 0.3) is 16.8 Å². The molecule has 0 aromatic heterocycles. The second kappa shape index (κ2) is 19.7. The first-order chi connectivity index (χ1) is 21.2. The molecule has 1 aliphatic heterocycles. The van der Waals surface area contributed by atoms with Crippen LogP contribution in [0.4, 0.5) is 0 Å². The molecule has 0 unspecified atom stereocenters. The minimum absolute atomic E-state index is 0.736. The molecule has 0 atom stereocenters. The Morgan fingerprint density at radius 2 is 1.56 bits per heavy atom. The molecule has 3 aromatic rings. The molecule has 0 spiro atoms. The lowest BCUT2D eigenvalue weighted by molar-refractivity contribution is 0.308. The largest absolute Gasteiger partial charge is 0.496 e. The lowest BCUT2D eigenvalue weighted by atomic mass is 9.93. The highest BCUT2D eigenvalue weighted by atomic mass is 16.5. The lowest BCUT2D eigenvalue weighted by Crippen LogP contribution is -2.24. The predicted octanol–water partition coefficient (Wildman–Crippen LogP) is 10.8. The maximum Gasteiger partial charge on any atom is 0.122 e. The quantitative estimate of drug-likeness (QED) is 0.140. The van der Waals surface area contributed by atoms with Crippen molar-refractivity contribution < 1.29 is 4.74 Å². The van der Waals surface area contributed by atoms with E-state index < -0.39 is 0 Å². The number of nitrogens with zero attached hydrogens (tertiary/aromatic N) is 1. The maximum absolute atomic E-state index is 8.06. The van der Waals surface area contributed by atoms with Gasteiger partial charge in [-0.25, -0.2) is 0 Å². The zero-order valence-electron chi connectivity index (χ0n) is 27.2. The van der Waals surface area contributed by atoms with E-state index in [1.54, 1.807) is 7.11 Å². The summed E-state index contributed by atoms with van der Waals surface area (Å²) in [5, 5.41) is 8.06. The Hall–Kier alpha value is -4.37. The Kier molecular flexibility index (Phi) is 16.0. The first-order valence-corrected chi connectivity index (χ1v) is 15.6. The van der Waals surface area contributed by atoms with Gasteiger partial charge in [-0.3, -0.25) is 0 Å². The number of benzene rings is 3. The third-order valence-corrected chi connectivity index (χ3v) is 7.04. The van der Waals surface area contributed by atoms with Crippen molar-refractivity contribution in [3.05, 3.63) is 149 Å². The van der Waals surface area contributed by atoms with Crippen LogP contribution in [-0.4, -0.2) is 24.8 Å². The molecular formula is C40H50N2O. The van der Waals surface area contributed by atoms with Gasteiger partial charge >= 0.3 is 0 Å². The van der Waals surface area contributed by atoms with Crippen molar-refractivity contribution in [2.75, 3.05) is 13.7 Å². The number of methoxy groups -OCH3 is 1. The normalized spacial score (nSPS) is 13.2. The Bertz CT molecular complexity index is 1410. The average molecular weight is 575 g/mol. The summed E-state index contributed by atoms with van der Waals surface area (Å²) < 4.78 is 5.75. The summed E-state index contributed by atoms with van der Waals surface area (Å²) in [5.41, 5.74) is 9.35. The molecule has 1 aliphatic rings. The zero-order chi connectivity index (χ0) is 31.5. The number of ether oxygens (including phenoxy) is 1. The Morgan fingerprint density at radius 1 is 0.884 bits per heavy atom. The van der Waals surface area contributed by atoms with Crippen LogP contribution < -0.4 is 0 Å². The van der Waals surface area contributed by atoms with Crippen LogP contribution in [0.2, 0.25) is 0 Å². The van der Waals surface area contributed by atoms with Crippen molar-refractivity contribution in [3.63, 3.8) is 0 Å². The fourth-order valence-corrected chi connectivity index (χ4v) is 5.03. The summed E-state index contributed by atoms with van der Waals surface area (Å²) in [5.74, 6) is 0.897. The van der Waals surface area contributed by atoms with Crippen molar-refractivity contribution in [2.45, 2.75) is 60.9 Å². The Morgan fingerprint density at radius 3 is 2.16 bits per heavy atom. The molecule has 0 saturated heterocycles. The molecule has 43 heavy (non-hydrogen) atoms. The summed E-state index contributed by atoms with van der Waals surface area (Å²) in [6.07, 6.45) is 15.8. The van der Waals surface area contributed by atoms with E-state index in [0.717, 1.165) is 42.8 Å². The zero-order valence-corrected chi connectivity index (χ0v) is 27.2. The Labute approximate surface area is 261 Å². The van der Waals surface area contributed by atoms with E-state index in [4.69, 9.17) is 10.1 Å². The van der Waals surface area contributed by atoms with Gasteiger partial charge in [0.15, 0.2) is 0 Å². The van der Waals surface area contributed by atoms with Crippen LogP contribution in [0.1, 0.15) is 75.8 Å². The molecule has 226 valence electrons. The van der Waals surface area contributed by atoms with Gasteiger partial charge in [-0.2, -0.15) is 0 Å². The second-order valence-corrected chi connectivity index (χ2v) is 9.48. The van der Waals surface area contributed by atoms with Crippen molar-refractivity contribution >= 4 is 23.1 Å². The Balaban J connectivity index is 0.00000155. The van der Waals surface area contributed by atoms with Crippen LogP contribution >= 0.6 is 0 Å². The summed E-state index contributed by atoms with van der Waals surface area (Å²) in [6.45, 7) is 13.9. The van der Waals surface area contributed by atoms with Gasteiger partial charge in [-0.1, -0.05) is 138 Å². The molecule has 0 saturated carbocycles. The molecule has 0 aliphatic carbocycles. The van der Waals surface area contributed by atoms with Crippen molar-refractivity contribution in [1.82, 2.24) is 4.90 Å². The van der Waals surface area contributed by atoms with Gasteiger partial charge in [-0.05, 0) is 65.3 Å². The molecule has 0 amide bonds. The van der Waals surface area contributed by atoms with Crippen LogP contribution in [0.5, 0.6) is 0 Å². The fraction of sp³-hybridized carbons (Fsp3) is 0.275. The maximum atomic E-state index is 8.06. The molecule has 0 bridgehead atoms. The predicted molar refractivity (Wildman–Crippen MR) is 189 cm³/mol. The van der Waals surface area contributed by atoms with Gasteiger partial charge in [0, 0.05) is 30.6 Å². The van der Waals surface area contributed by atoms with E-state index in [2.05, 4.69) is 96.8 Å². The van der Waals surface area contributed by atoms with E-state index in [1.165, 1.54) is 39.7 Å². The second-order valence-electron chi connectivity index (χ2n) is 9.48. The van der Waals surface area contributed by atoms with Crippen molar-refractivity contribution in [2.24, 2.45) is 0 Å². The van der Waals surface area contributed by atoms with Crippen molar-refractivity contribution in [1.29, 1.82) is 5.41 Å². The van der Waals surface area contributed by atoms with Gasteiger partial charge in [0.2, 0.25) is 0 Å². The summed E-state index contributed by atoms with van der Waals surface area (Å²) in [4.78, 5) is 2.43. The number of allylic oxidation sites excluding steroid dienone is 7. The van der Waals surface area contributed by atoms with Crippen LogP contribution in [-0.2, 0) is 17.7 Å². The van der Waals surface area contributed by atoms with Gasteiger partial charge in [0.1, 0.15) is 5.76 Å². The summed E-state index contributed by atoms with van der Waals surface area (Å²) >= 11 is 0. The van der Waals surface area contributed by atoms with Gasteiger partial charge in [-0.15, -0.1) is 0 Å². The molecular weight excluding hydrogens is 524 g/mol. The fourth-order valence-electron chi connectivity index (χ4n) is 5.03. The van der Waals surface area contributed by atoms with E-state index in [1.807, 2.05) is 65.0 Å². The van der Waals surface area contributed by atoms with Gasteiger partial charge in [0.05, 0.1) is 7.11 Å². The van der Waals surface area contributed by atoms with E-state index in [9.17, 15) is 0 Å². The van der Waals surface area contributed by atoms with Gasteiger partial charge < -0.3 is 15.0 Å². The first-order valence-electron chi connectivity index (χ1n) is 15.6. The summed E-state index contributed by atoms with van der Waals surface area (Å²) in [6, 6.07) is 27.6. The molecule has 4 rings (SSSR count). The monoisotopic (exact) mass is 574 g/mol. The number of nitrogens with one attached hydrogen (secondary N) is 1. The molecule has 1 heterocycles. The SMILES string of the molecule is C/C=C\C(OC)=C(/CC)c1ccc(CN2CC=CC=C2c2ccccc2)c(C/C=C(\C=N)c2ccccc2)c1.CC.CC. The van der Waals surface area contributed by atoms with E-state index in [0.29, 0.717) is 0 Å². The third-order valence-electron chi connectivity index (χ3n) is 7.04. The highest BCUT2D eigenvalue weighted by molar-refractivity contribution is 6.08. The van der Waals surface area contributed by atoms with Crippen LogP contribution in [0.15, 0.2) is 121 Å². The van der Waals surface area contributed by atoms with Gasteiger partial charge in [0.25, 0.3) is 0 Å².